The summed E-state index contributed by atoms with van der Waals surface area (Å²) in [6.07, 6.45) is 13.0. The molecule has 0 saturated carbocycles. The van der Waals surface area contributed by atoms with Crippen molar-refractivity contribution in [3.63, 3.8) is 0 Å². The van der Waals surface area contributed by atoms with Crippen LogP contribution in [0.4, 0.5) is 0 Å². The van der Waals surface area contributed by atoms with Crippen LogP contribution in [0.25, 0.3) is 0 Å². The van der Waals surface area contributed by atoms with Crippen LogP contribution in [0.5, 0.6) is 0 Å². The van der Waals surface area contributed by atoms with Gasteiger partial charge in [-0.2, -0.15) is 0 Å². The molecule has 1 heteroatoms. The van der Waals surface area contributed by atoms with E-state index >= 15 is 0 Å². The first-order valence-corrected chi connectivity index (χ1v) is 14.6. The highest BCUT2D eigenvalue weighted by molar-refractivity contribution is 6.82. The van der Waals surface area contributed by atoms with Gasteiger partial charge in [0, 0.05) is 0 Å². The number of allylic oxidation sites excluding steroid dienone is 8. The third-order valence-electron chi connectivity index (χ3n) is 7.40. The van der Waals surface area contributed by atoms with Crippen molar-refractivity contribution < 1.29 is 0 Å². The van der Waals surface area contributed by atoms with E-state index in [1.165, 1.54) is 12.8 Å². The molecule has 0 fully saturated rings. The zero-order valence-electron chi connectivity index (χ0n) is 19.7. The maximum Gasteiger partial charge on any atom is 0.0706 e. The van der Waals surface area contributed by atoms with Gasteiger partial charge in [-0.3, -0.25) is 0 Å². The second-order valence-corrected chi connectivity index (χ2v) is 15.2. The molecular weight excluding hydrogens is 340 g/mol. The predicted molar refractivity (Wildman–Crippen MR) is 126 cm³/mol. The Morgan fingerprint density at radius 1 is 0.704 bits per heavy atom. The van der Waals surface area contributed by atoms with E-state index in [0.717, 1.165) is 0 Å². The molecule has 2 aliphatic rings. The summed E-state index contributed by atoms with van der Waals surface area (Å²) in [6, 6.07) is 0. The number of rotatable bonds is 8. The van der Waals surface area contributed by atoms with Crippen molar-refractivity contribution in [1.82, 2.24) is 0 Å². The van der Waals surface area contributed by atoms with Gasteiger partial charge in [0.25, 0.3) is 0 Å². The minimum absolute atomic E-state index is 0.644. The fourth-order valence-electron chi connectivity index (χ4n) is 4.86. The van der Waals surface area contributed by atoms with E-state index in [4.69, 9.17) is 0 Å². The molecule has 0 aromatic carbocycles. The summed E-state index contributed by atoms with van der Waals surface area (Å²) in [5.41, 5.74) is 7.98. The van der Waals surface area contributed by atoms with Gasteiger partial charge in [0.1, 0.15) is 0 Å². The summed E-state index contributed by atoms with van der Waals surface area (Å²) < 4.78 is 0. The number of hydrogen-bond acceptors (Lipinski definition) is 0. The summed E-state index contributed by atoms with van der Waals surface area (Å²) in [5.74, 6) is 2.66. The first kappa shape index (κ1) is 22.5. The Kier molecular flexibility index (Phi) is 7.22. The van der Waals surface area contributed by atoms with Crippen molar-refractivity contribution in [2.45, 2.75) is 92.4 Å². The van der Waals surface area contributed by atoms with Crippen LogP contribution < -0.4 is 0 Å². The lowest BCUT2D eigenvalue weighted by Gasteiger charge is -2.39. The SMILES string of the molecule is CCC(C)C1=CC([Si](C)(C)C2C=C(C(C)CC)C=C2C(C)C)C(C(C)C)=C1. The molecule has 2 aliphatic carbocycles. The van der Waals surface area contributed by atoms with E-state index in [2.05, 4.69) is 92.8 Å². The summed E-state index contributed by atoms with van der Waals surface area (Å²) >= 11 is 0. The molecule has 0 saturated heterocycles. The van der Waals surface area contributed by atoms with Gasteiger partial charge in [-0.05, 0) is 58.7 Å². The third kappa shape index (κ3) is 4.44. The molecule has 2 rings (SSSR count). The lowest BCUT2D eigenvalue weighted by Crippen LogP contribution is -2.39. The topological polar surface area (TPSA) is 0 Å². The zero-order valence-corrected chi connectivity index (χ0v) is 20.7. The number of hydrogen-bond donors (Lipinski definition) is 0. The largest absolute Gasteiger partial charge is 0.0765 e. The molecule has 0 N–H and O–H groups in total. The molecule has 0 aromatic heterocycles. The van der Waals surface area contributed by atoms with Crippen molar-refractivity contribution in [2.75, 3.05) is 0 Å². The highest BCUT2D eigenvalue weighted by atomic mass is 28.3. The minimum atomic E-state index is -1.58. The van der Waals surface area contributed by atoms with Gasteiger partial charge in [-0.25, -0.2) is 0 Å². The monoisotopic (exact) mass is 384 g/mol. The fraction of sp³-hybridized carbons (Fsp3) is 0.692. The minimum Gasteiger partial charge on any atom is -0.0765 e. The van der Waals surface area contributed by atoms with Crippen LogP contribution in [-0.4, -0.2) is 8.07 Å². The van der Waals surface area contributed by atoms with E-state index < -0.39 is 8.07 Å². The Morgan fingerprint density at radius 3 is 1.30 bits per heavy atom. The summed E-state index contributed by atoms with van der Waals surface area (Å²) in [7, 11) is -1.58. The van der Waals surface area contributed by atoms with Crippen LogP contribution in [0.3, 0.4) is 0 Å². The quantitative estimate of drug-likeness (QED) is 0.367. The molecular formula is C26H44Si. The Morgan fingerprint density at radius 2 is 1.04 bits per heavy atom. The summed E-state index contributed by atoms with van der Waals surface area (Å²) in [5, 5.41) is 0. The van der Waals surface area contributed by atoms with E-state index in [1.807, 2.05) is 0 Å². The molecule has 4 unspecified atom stereocenters. The second kappa shape index (κ2) is 8.68. The van der Waals surface area contributed by atoms with Crippen LogP contribution in [-0.2, 0) is 0 Å². The Labute approximate surface area is 170 Å². The fourth-order valence-corrected chi connectivity index (χ4v) is 9.04. The van der Waals surface area contributed by atoms with Gasteiger partial charge in [-0.1, -0.05) is 104 Å². The zero-order chi connectivity index (χ0) is 20.5. The van der Waals surface area contributed by atoms with Crippen LogP contribution in [0.1, 0.15) is 68.2 Å². The predicted octanol–water partition coefficient (Wildman–Crippen LogP) is 8.57. The summed E-state index contributed by atoms with van der Waals surface area (Å²) in [4.78, 5) is 0. The molecule has 152 valence electrons. The van der Waals surface area contributed by atoms with Gasteiger partial charge < -0.3 is 0 Å². The second-order valence-electron chi connectivity index (χ2n) is 10.3. The molecule has 0 aliphatic heterocycles. The lowest BCUT2D eigenvalue weighted by atomic mass is 9.98. The molecule has 4 atom stereocenters. The van der Waals surface area contributed by atoms with Crippen LogP contribution in [0, 0.1) is 23.7 Å². The van der Waals surface area contributed by atoms with E-state index in [-0.39, 0.29) is 0 Å². The molecule has 0 aromatic rings. The normalized spacial score (nSPS) is 25.5. The van der Waals surface area contributed by atoms with Gasteiger partial charge in [0.15, 0.2) is 0 Å². The highest BCUT2D eigenvalue weighted by Crippen LogP contribution is 2.53. The van der Waals surface area contributed by atoms with Crippen LogP contribution in [0.2, 0.25) is 24.2 Å². The van der Waals surface area contributed by atoms with Gasteiger partial charge in [0.2, 0.25) is 0 Å². The van der Waals surface area contributed by atoms with Gasteiger partial charge >= 0.3 is 0 Å². The molecule has 0 spiro atoms. The molecule has 0 radical (unpaired) electrons. The van der Waals surface area contributed by atoms with Crippen LogP contribution in [0.15, 0.2) is 46.6 Å². The summed E-state index contributed by atoms with van der Waals surface area (Å²) in [6.45, 7) is 24.3. The van der Waals surface area contributed by atoms with Gasteiger partial charge in [-0.15, -0.1) is 0 Å². The maximum atomic E-state index is 2.68. The Hall–Kier alpha value is -0.823. The molecule has 27 heavy (non-hydrogen) atoms. The Balaban J connectivity index is 2.46. The maximum absolute atomic E-state index is 2.68. The van der Waals surface area contributed by atoms with Crippen molar-refractivity contribution >= 4 is 8.07 Å². The smallest absolute Gasteiger partial charge is 0.0706 e. The molecule has 0 bridgehead atoms. The van der Waals surface area contributed by atoms with Crippen molar-refractivity contribution in [1.29, 1.82) is 0 Å². The van der Waals surface area contributed by atoms with E-state index in [1.54, 1.807) is 22.3 Å². The van der Waals surface area contributed by atoms with Crippen molar-refractivity contribution in [3.05, 3.63) is 46.6 Å². The lowest BCUT2D eigenvalue weighted by molar-refractivity contribution is 0.670. The first-order valence-electron chi connectivity index (χ1n) is 11.4. The average molecular weight is 385 g/mol. The molecule has 0 nitrogen and oxygen atoms in total. The van der Waals surface area contributed by atoms with Gasteiger partial charge in [0.05, 0.1) is 8.07 Å². The van der Waals surface area contributed by atoms with E-state index in [0.29, 0.717) is 34.8 Å². The van der Waals surface area contributed by atoms with Crippen LogP contribution >= 0.6 is 0 Å². The Bertz CT molecular complexity index is 598. The van der Waals surface area contributed by atoms with E-state index in [9.17, 15) is 0 Å². The van der Waals surface area contributed by atoms with Crippen molar-refractivity contribution in [3.8, 4) is 0 Å². The molecule has 0 amide bonds. The standard InChI is InChI=1S/C26H44Si/c1-11-19(7)21-13-23(17(3)4)25(15-21)27(9,10)26-16-22(20(8)12-2)14-24(26)18(5)6/h13-20,25-26H,11-12H2,1-10H3. The molecule has 0 heterocycles. The third-order valence-corrected chi connectivity index (χ3v) is 11.6. The highest BCUT2D eigenvalue weighted by Gasteiger charge is 2.45. The average Bonchev–Trinajstić information content (AvgIpc) is 3.25. The first-order chi connectivity index (χ1) is 12.5. The van der Waals surface area contributed by atoms with Crippen molar-refractivity contribution in [2.24, 2.45) is 23.7 Å².